The topological polar surface area (TPSA) is 84.3 Å². The van der Waals surface area contributed by atoms with Crippen LogP contribution in [-0.4, -0.2) is 63.7 Å². The third-order valence-electron chi connectivity index (χ3n) is 3.26. The molecule has 1 saturated heterocycles. The minimum absolute atomic E-state index is 0.0741. The Balaban J connectivity index is 1.63. The molecule has 0 saturated carbocycles. The van der Waals surface area contributed by atoms with E-state index >= 15 is 0 Å². The van der Waals surface area contributed by atoms with E-state index in [0.717, 1.165) is 0 Å². The number of methoxy groups -OCH3 is 1. The Morgan fingerprint density at radius 3 is 2.81 bits per heavy atom. The van der Waals surface area contributed by atoms with Crippen molar-refractivity contribution in [2.45, 2.75) is 0 Å². The van der Waals surface area contributed by atoms with E-state index in [1.807, 2.05) is 4.90 Å². The van der Waals surface area contributed by atoms with Gasteiger partial charge in [0, 0.05) is 43.8 Å². The number of rotatable bonds is 3. The summed E-state index contributed by atoms with van der Waals surface area (Å²) in [5.41, 5.74) is 0.408. The fraction of sp³-hybridized carbons (Fsp3) is 0.417. The molecule has 0 aliphatic carbocycles. The lowest BCUT2D eigenvalue weighted by Crippen LogP contribution is -2.49. The Morgan fingerprint density at radius 1 is 1.33 bits per heavy atom. The van der Waals surface area contributed by atoms with Crippen molar-refractivity contribution in [2.75, 3.05) is 38.2 Å². The maximum Gasteiger partial charge on any atom is 0.275 e. The van der Waals surface area contributed by atoms with E-state index in [1.54, 1.807) is 29.7 Å². The Labute approximate surface area is 125 Å². The van der Waals surface area contributed by atoms with Crippen LogP contribution in [0.3, 0.4) is 0 Å². The van der Waals surface area contributed by atoms with Gasteiger partial charge in [0.15, 0.2) is 5.69 Å². The summed E-state index contributed by atoms with van der Waals surface area (Å²) < 4.78 is 8.82. The lowest BCUT2D eigenvalue weighted by molar-refractivity contribution is 0.0740. The van der Waals surface area contributed by atoms with Crippen LogP contribution >= 0.6 is 11.5 Å². The summed E-state index contributed by atoms with van der Waals surface area (Å²) in [5, 5.41) is 5.48. The lowest BCUT2D eigenvalue weighted by Gasteiger charge is -2.34. The molecular weight excluding hydrogens is 292 g/mol. The average molecular weight is 306 g/mol. The van der Waals surface area contributed by atoms with E-state index < -0.39 is 0 Å². The number of nitrogens with zero attached hydrogens (tertiary/aromatic N) is 6. The predicted octanol–water partition coefficient (Wildman–Crippen LogP) is 0.299. The van der Waals surface area contributed by atoms with E-state index in [1.165, 1.54) is 11.5 Å². The third-order valence-corrected chi connectivity index (χ3v) is 3.76. The summed E-state index contributed by atoms with van der Waals surface area (Å²) in [6.07, 6.45) is 1.67. The Kier molecular flexibility index (Phi) is 3.91. The van der Waals surface area contributed by atoms with Crippen molar-refractivity contribution in [2.24, 2.45) is 0 Å². The molecule has 110 valence electrons. The highest BCUT2D eigenvalue weighted by Gasteiger charge is 2.24. The van der Waals surface area contributed by atoms with Crippen LogP contribution < -0.4 is 9.64 Å². The van der Waals surface area contributed by atoms with Crippen molar-refractivity contribution < 1.29 is 9.53 Å². The molecule has 0 atom stereocenters. The normalized spacial score (nSPS) is 15.1. The SMILES string of the molecule is COc1ccnc(N2CCN(C(=O)c3csnn3)CC2)n1. The van der Waals surface area contributed by atoms with Gasteiger partial charge in [-0.15, -0.1) is 5.10 Å². The number of hydrogen-bond acceptors (Lipinski definition) is 8. The van der Waals surface area contributed by atoms with Gasteiger partial charge in [-0.1, -0.05) is 4.49 Å². The van der Waals surface area contributed by atoms with Gasteiger partial charge in [0.25, 0.3) is 5.91 Å². The summed E-state index contributed by atoms with van der Waals surface area (Å²) in [6.45, 7) is 2.57. The summed E-state index contributed by atoms with van der Waals surface area (Å²) in [4.78, 5) is 24.5. The number of ether oxygens (including phenoxy) is 1. The summed E-state index contributed by atoms with van der Waals surface area (Å²) in [5.74, 6) is 1.08. The zero-order valence-corrected chi connectivity index (χ0v) is 12.3. The molecule has 1 fully saturated rings. The van der Waals surface area contributed by atoms with Crippen molar-refractivity contribution in [3.63, 3.8) is 0 Å². The van der Waals surface area contributed by atoms with Crippen molar-refractivity contribution in [1.82, 2.24) is 24.5 Å². The largest absolute Gasteiger partial charge is 0.481 e. The van der Waals surface area contributed by atoms with Gasteiger partial charge in [-0.2, -0.15) is 4.98 Å². The summed E-state index contributed by atoms with van der Waals surface area (Å²) >= 11 is 1.18. The molecule has 1 amide bonds. The first kappa shape index (κ1) is 13.7. The lowest BCUT2D eigenvalue weighted by atomic mass is 10.3. The van der Waals surface area contributed by atoms with Crippen LogP contribution in [0.4, 0.5) is 5.95 Å². The van der Waals surface area contributed by atoms with Crippen LogP contribution in [0.1, 0.15) is 10.5 Å². The Hall–Kier alpha value is -2.29. The number of anilines is 1. The first-order valence-electron chi connectivity index (χ1n) is 6.46. The zero-order valence-electron chi connectivity index (χ0n) is 11.5. The monoisotopic (exact) mass is 306 g/mol. The van der Waals surface area contributed by atoms with Crippen molar-refractivity contribution in [1.29, 1.82) is 0 Å². The molecule has 2 aromatic rings. The van der Waals surface area contributed by atoms with Crippen LogP contribution in [0.5, 0.6) is 5.88 Å². The van der Waals surface area contributed by atoms with Gasteiger partial charge in [0.2, 0.25) is 11.8 Å². The van der Waals surface area contributed by atoms with Gasteiger partial charge in [0.1, 0.15) is 0 Å². The van der Waals surface area contributed by atoms with Crippen LogP contribution in [0.15, 0.2) is 17.6 Å². The minimum Gasteiger partial charge on any atom is -0.481 e. The molecule has 3 heterocycles. The highest BCUT2D eigenvalue weighted by atomic mass is 32.1. The van der Waals surface area contributed by atoms with Crippen LogP contribution in [-0.2, 0) is 0 Å². The molecule has 9 heteroatoms. The minimum atomic E-state index is -0.0741. The number of piperazine rings is 1. The highest BCUT2D eigenvalue weighted by molar-refractivity contribution is 7.03. The Morgan fingerprint density at radius 2 is 2.14 bits per heavy atom. The first-order valence-corrected chi connectivity index (χ1v) is 7.30. The van der Waals surface area contributed by atoms with Gasteiger partial charge in [-0.3, -0.25) is 4.79 Å². The molecule has 0 aromatic carbocycles. The van der Waals surface area contributed by atoms with Crippen LogP contribution in [0, 0.1) is 0 Å². The average Bonchev–Trinajstić information content (AvgIpc) is 3.09. The zero-order chi connectivity index (χ0) is 14.7. The number of aromatic nitrogens is 4. The highest BCUT2D eigenvalue weighted by Crippen LogP contribution is 2.15. The molecule has 2 aromatic heterocycles. The Bertz CT molecular complexity index is 612. The molecule has 0 bridgehead atoms. The van der Waals surface area contributed by atoms with E-state index in [0.29, 0.717) is 43.7 Å². The quantitative estimate of drug-likeness (QED) is 0.806. The fourth-order valence-corrected chi connectivity index (χ4v) is 2.56. The predicted molar refractivity (Wildman–Crippen MR) is 76.6 cm³/mol. The number of carbonyl (C=O) groups is 1. The van der Waals surface area contributed by atoms with Gasteiger partial charge in [-0.05, 0) is 11.5 Å². The van der Waals surface area contributed by atoms with E-state index in [4.69, 9.17) is 4.74 Å². The maximum absolute atomic E-state index is 12.2. The maximum atomic E-state index is 12.2. The van der Waals surface area contributed by atoms with Gasteiger partial charge in [0.05, 0.1) is 7.11 Å². The van der Waals surface area contributed by atoms with Gasteiger partial charge < -0.3 is 14.5 Å². The van der Waals surface area contributed by atoms with Gasteiger partial charge in [-0.25, -0.2) is 4.98 Å². The van der Waals surface area contributed by atoms with E-state index in [2.05, 4.69) is 19.6 Å². The molecule has 0 N–H and O–H groups in total. The summed E-state index contributed by atoms with van der Waals surface area (Å²) in [6, 6.07) is 1.71. The second-order valence-electron chi connectivity index (χ2n) is 4.47. The number of hydrogen-bond donors (Lipinski definition) is 0. The fourth-order valence-electron chi connectivity index (χ4n) is 2.13. The van der Waals surface area contributed by atoms with Crippen molar-refractivity contribution in [3.8, 4) is 5.88 Å². The molecule has 1 aliphatic heterocycles. The summed E-state index contributed by atoms with van der Waals surface area (Å²) in [7, 11) is 1.57. The number of amides is 1. The van der Waals surface area contributed by atoms with Crippen molar-refractivity contribution >= 4 is 23.4 Å². The van der Waals surface area contributed by atoms with Crippen LogP contribution in [0.2, 0.25) is 0 Å². The van der Waals surface area contributed by atoms with Crippen LogP contribution in [0.25, 0.3) is 0 Å². The molecule has 3 rings (SSSR count). The standard InChI is InChI=1S/C12H14N6O2S/c1-20-10-2-3-13-12(14-10)18-6-4-17(5-7-18)11(19)9-8-21-16-15-9/h2-3,8H,4-7H2,1H3. The van der Waals surface area contributed by atoms with Crippen molar-refractivity contribution in [3.05, 3.63) is 23.3 Å². The molecule has 1 aliphatic rings. The third kappa shape index (κ3) is 2.92. The first-order chi connectivity index (χ1) is 10.3. The second-order valence-corrected chi connectivity index (χ2v) is 5.08. The molecule has 0 unspecified atom stereocenters. The molecule has 21 heavy (non-hydrogen) atoms. The van der Waals surface area contributed by atoms with E-state index in [9.17, 15) is 4.79 Å². The second kappa shape index (κ2) is 6.00. The number of carbonyl (C=O) groups excluding carboxylic acids is 1. The van der Waals surface area contributed by atoms with Gasteiger partial charge >= 0.3 is 0 Å². The molecule has 8 nitrogen and oxygen atoms in total. The molecule has 0 radical (unpaired) electrons. The van der Waals surface area contributed by atoms with E-state index in [-0.39, 0.29) is 5.91 Å². The smallest absolute Gasteiger partial charge is 0.275 e. The molecule has 0 spiro atoms. The molecular formula is C12H14N6O2S.